The highest BCUT2D eigenvalue weighted by molar-refractivity contribution is 9.09. The molecule has 1 saturated carbocycles. The minimum atomic E-state index is 0.161. The molecule has 2 unspecified atom stereocenters. The number of hydrogen-bond acceptors (Lipinski definition) is 1. The van der Waals surface area contributed by atoms with Crippen molar-refractivity contribution in [3.63, 3.8) is 0 Å². The van der Waals surface area contributed by atoms with Gasteiger partial charge in [0.1, 0.15) is 0 Å². The number of halogens is 1. The Balaban J connectivity index is 2.22. The smallest absolute Gasteiger partial charge is 0.223 e. The van der Waals surface area contributed by atoms with Crippen LogP contribution in [0.25, 0.3) is 0 Å². The van der Waals surface area contributed by atoms with Gasteiger partial charge in [0.25, 0.3) is 0 Å². The molecule has 1 amide bonds. The summed E-state index contributed by atoms with van der Waals surface area (Å²) in [7, 11) is 0. The maximum atomic E-state index is 11.5. The van der Waals surface area contributed by atoms with Gasteiger partial charge >= 0.3 is 0 Å². The molecule has 0 radical (unpaired) electrons. The van der Waals surface area contributed by atoms with Gasteiger partial charge < -0.3 is 5.32 Å². The van der Waals surface area contributed by atoms with E-state index in [9.17, 15) is 4.79 Å². The van der Waals surface area contributed by atoms with E-state index in [1.54, 1.807) is 0 Å². The Morgan fingerprint density at radius 3 is 2.54 bits per heavy atom. The lowest BCUT2D eigenvalue weighted by atomic mass is 9.97. The third-order valence-corrected chi connectivity index (χ3v) is 4.07. The summed E-state index contributed by atoms with van der Waals surface area (Å²) in [6.07, 6.45) is 1.07. The van der Waals surface area contributed by atoms with Crippen LogP contribution in [0.4, 0.5) is 0 Å². The van der Waals surface area contributed by atoms with E-state index in [1.165, 1.54) is 0 Å². The van der Waals surface area contributed by atoms with Gasteiger partial charge in [-0.05, 0) is 17.8 Å². The predicted molar refractivity (Wildman–Crippen MR) is 57.9 cm³/mol. The largest absolute Gasteiger partial charge is 0.355 e. The van der Waals surface area contributed by atoms with Gasteiger partial charge in [-0.25, -0.2) is 0 Å². The van der Waals surface area contributed by atoms with Crippen LogP contribution in [-0.4, -0.2) is 17.8 Å². The van der Waals surface area contributed by atoms with E-state index in [0.717, 1.165) is 18.3 Å². The molecular formula is C10H18BrNO. The molecular weight excluding hydrogens is 230 g/mol. The average molecular weight is 248 g/mol. The summed E-state index contributed by atoms with van der Waals surface area (Å²) < 4.78 is 0. The lowest BCUT2D eigenvalue weighted by Crippen LogP contribution is -2.35. The summed E-state index contributed by atoms with van der Waals surface area (Å²) in [5.74, 6) is 1.14. The number of hydrogen-bond donors (Lipinski definition) is 1. The predicted octanol–water partition coefficient (Wildman–Crippen LogP) is 2.18. The Bertz CT molecular complexity index is 203. The summed E-state index contributed by atoms with van der Waals surface area (Å²) in [4.78, 5) is 11.5. The topological polar surface area (TPSA) is 29.1 Å². The van der Waals surface area contributed by atoms with Crippen molar-refractivity contribution in [3.8, 4) is 0 Å². The molecule has 0 heterocycles. The van der Waals surface area contributed by atoms with Crippen LogP contribution in [-0.2, 0) is 4.79 Å². The van der Waals surface area contributed by atoms with Gasteiger partial charge in [0.05, 0.1) is 0 Å². The van der Waals surface area contributed by atoms with Crippen molar-refractivity contribution < 1.29 is 4.79 Å². The fourth-order valence-electron chi connectivity index (χ4n) is 1.19. The lowest BCUT2D eigenvalue weighted by Gasteiger charge is -2.21. The van der Waals surface area contributed by atoms with Crippen molar-refractivity contribution in [1.82, 2.24) is 5.32 Å². The first-order valence-corrected chi connectivity index (χ1v) is 5.92. The van der Waals surface area contributed by atoms with Crippen molar-refractivity contribution in [2.45, 2.75) is 27.2 Å². The Kier molecular flexibility index (Phi) is 3.38. The van der Waals surface area contributed by atoms with Crippen molar-refractivity contribution in [2.24, 2.45) is 17.3 Å². The summed E-state index contributed by atoms with van der Waals surface area (Å²) in [5.41, 5.74) is 0.161. The van der Waals surface area contributed by atoms with E-state index in [-0.39, 0.29) is 11.3 Å². The fraction of sp³-hybridized carbons (Fsp3) is 0.900. The van der Waals surface area contributed by atoms with Crippen molar-refractivity contribution in [2.75, 3.05) is 11.9 Å². The number of nitrogens with one attached hydrogen (secondary N) is 1. The highest BCUT2D eigenvalue weighted by atomic mass is 79.9. The first-order chi connectivity index (χ1) is 5.96. The third-order valence-electron chi connectivity index (χ3n) is 2.55. The normalized spacial score (nSPS) is 27.1. The quantitative estimate of drug-likeness (QED) is 0.759. The number of rotatable bonds is 4. The van der Waals surface area contributed by atoms with Crippen molar-refractivity contribution in [1.29, 1.82) is 0 Å². The Hall–Kier alpha value is -0.0500. The lowest BCUT2D eigenvalue weighted by molar-refractivity contribution is -0.122. The van der Waals surface area contributed by atoms with Crippen LogP contribution in [0, 0.1) is 17.3 Å². The molecule has 1 fully saturated rings. The zero-order chi connectivity index (χ0) is 10.1. The Morgan fingerprint density at radius 1 is 1.62 bits per heavy atom. The van der Waals surface area contributed by atoms with Crippen LogP contribution in [0.5, 0.6) is 0 Å². The van der Waals surface area contributed by atoms with Crippen LogP contribution in [0.2, 0.25) is 0 Å². The molecule has 13 heavy (non-hydrogen) atoms. The second-order valence-corrected chi connectivity index (χ2v) is 5.40. The number of amides is 1. The molecule has 1 N–H and O–H groups in total. The van der Waals surface area contributed by atoms with Gasteiger partial charge in [-0.2, -0.15) is 0 Å². The molecule has 2 atom stereocenters. The number of carbonyl (C=O) groups excluding carboxylic acids is 1. The van der Waals surface area contributed by atoms with E-state index in [0.29, 0.717) is 11.8 Å². The Morgan fingerprint density at radius 2 is 2.15 bits per heavy atom. The average Bonchev–Trinajstić information content (AvgIpc) is 2.79. The molecule has 1 aliphatic rings. The van der Waals surface area contributed by atoms with E-state index < -0.39 is 0 Å². The number of carbonyl (C=O) groups is 1. The second kappa shape index (κ2) is 3.99. The minimum absolute atomic E-state index is 0.161. The summed E-state index contributed by atoms with van der Waals surface area (Å²) in [6, 6.07) is 0. The molecule has 0 saturated heterocycles. The van der Waals surface area contributed by atoms with Crippen LogP contribution in [0.15, 0.2) is 0 Å². The first-order valence-electron chi connectivity index (χ1n) is 4.80. The SMILES string of the molecule is CC1CC1C(=O)NCC(C)(C)CBr. The summed E-state index contributed by atoms with van der Waals surface area (Å²) in [5, 5.41) is 3.91. The van der Waals surface area contributed by atoms with E-state index >= 15 is 0 Å². The molecule has 2 nitrogen and oxygen atoms in total. The zero-order valence-electron chi connectivity index (χ0n) is 8.56. The van der Waals surface area contributed by atoms with Crippen LogP contribution in [0.1, 0.15) is 27.2 Å². The molecule has 76 valence electrons. The molecule has 3 heteroatoms. The van der Waals surface area contributed by atoms with Gasteiger partial charge in [-0.1, -0.05) is 36.7 Å². The summed E-state index contributed by atoms with van der Waals surface area (Å²) >= 11 is 3.43. The molecule has 1 rings (SSSR count). The van der Waals surface area contributed by atoms with Gasteiger partial charge in [0.2, 0.25) is 5.91 Å². The van der Waals surface area contributed by atoms with Crippen molar-refractivity contribution in [3.05, 3.63) is 0 Å². The highest BCUT2D eigenvalue weighted by Crippen LogP contribution is 2.37. The Labute approximate surface area is 88.6 Å². The molecule has 0 aromatic heterocycles. The number of alkyl halides is 1. The van der Waals surface area contributed by atoms with Gasteiger partial charge in [-0.15, -0.1) is 0 Å². The maximum absolute atomic E-state index is 11.5. The van der Waals surface area contributed by atoms with Gasteiger partial charge in [-0.3, -0.25) is 4.79 Å². The van der Waals surface area contributed by atoms with E-state index in [2.05, 4.69) is 42.0 Å². The molecule has 0 aromatic carbocycles. The first kappa shape index (κ1) is 11.0. The zero-order valence-corrected chi connectivity index (χ0v) is 10.1. The van der Waals surface area contributed by atoms with Crippen LogP contribution < -0.4 is 5.32 Å². The van der Waals surface area contributed by atoms with Gasteiger partial charge in [0.15, 0.2) is 0 Å². The molecule has 0 aliphatic heterocycles. The van der Waals surface area contributed by atoms with E-state index in [4.69, 9.17) is 0 Å². The molecule has 0 aromatic rings. The van der Waals surface area contributed by atoms with Crippen molar-refractivity contribution >= 4 is 21.8 Å². The highest BCUT2D eigenvalue weighted by Gasteiger charge is 2.39. The maximum Gasteiger partial charge on any atom is 0.223 e. The molecule has 1 aliphatic carbocycles. The van der Waals surface area contributed by atoms with Gasteiger partial charge in [0, 0.05) is 17.8 Å². The fourth-order valence-corrected chi connectivity index (χ4v) is 1.39. The van der Waals surface area contributed by atoms with Crippen LogP contribution in [0.3, 0.4) is 0 Å². The standard InChI is InChI=1S/C10H18BrNO/c1-7-4-8(7)9(13)12-6-10(2,3)5-11/h7-8H,4-6H2,1-3H3,(H,12,13). The minimum Gasteiger partial charge on any atom is -0.355 e. The molecule has 0 spiro atoms. The third kappa shape index (κ3) is 3.29. The monoisotopic (exact) mass is 247 g/mol. The van der Waals surface area contributed by atoms with E-state index in [1.807, 2.05) is 0 Å². The second-order valence-electron chi connectivity index (χ2n) is 4.84. The summed E-state index contributed by atoms with van der Waals surface area (Å²) in [6.45, 7) is 7.16. The van der Waals surface area contributed by atoms with Crippen LogP contribution >= 0.6 is 15.9 Å². The molecule has 0 bridgehead atoms.